The Morgan fingerprint density at radius 2 is 1.53 bits per heavy atom. The predicted octanol–water partition coefficient (Wildman–Crippen LogP) is -0.569. The highest BCUT2D eigenvalue weighted by Gasteiger charge is 2.31. The van der Waals surface area contributed by atoms with Gasteiger partial charge in [0.1, 0.15) is 0 Å². The van der Waals surface area contributed by atoms with Crippen molar-refractivity contribution in [3.05, 3.63) is 6.92 Å². The topological polar surface area (TPSA) is 81.7 Å². The molecule has 0 aromatic carbocycles. The molecule has 1 N–H and O–H groups in total. The number of ether oxygens (including phenoxy) is 2. The minimum Gasteiger partial charge on any atom is -0.464 e. The van der Waals surface area contributed by atoms with Crippen LogP contribution in [-0.2, 0) is 23.9 Å². The second-order valence-electron chi connectivity index (χ2n) is 2.50. The molecule has 0 radical (unpaired) electrons. The van der Waals surface area contributed by atoms with E-state index in [2.05, 4.69) is 16.4 Å². The molecule has 84 valence electrons. The van der Waals surface area contributed by atoms with Crippen LogP contribution in [0, 0.1) is 6.92 Å². The van der Waals surface area contributed by atoms with Crippen molar-refractivity contribution in [2.45, 2.75) is 19.9 Å². The molecule has 0 saturated heterocycles. The Hall–Kier alpha value is -1.72. The van der Waals surface area contributed by atoms with Gasteiger partial charge in [0, 0.05) is 0 Å². The van der Waals surface area contributed by atoms with Gasteiger partial charge >= 0.3 is 17.8 Å². The molecule has 0 aliphatic carbocycles. The quantitative estimate of drug-likeness (QED) is 0.378. The monoisotopic (exact) mass is 216 g/mol. The van der Waals surface area contributed by atoms with E-state index in [0.29, 0.717) is 0 Å². The number of carbonyl (C=O) groups is 3. The molecule has 15 heavy (non-hydrogen) atoms. The van der Waals surface area contributed by atoms with Crippen molar-refractivity contribution < 1.29 is 23.9 Å². The Morgan fingerprint density at radius 3 is 1.80 bits per heavy atom. The molecule has 0 aliphatic rings. The lowest BCUT2D eigenvalue weighted by Crippen LogP contribution is -2.47. The summed E-state index contributed by atoms with van der Waals surface area (Å²) in [5.41, 5.74) is 0. The lowest BCUT2D eigenvalue weighted by atomic mass is 10.3. The molecule has 1 amide bonds. The zero-order chi connectivity index (χ0) is 11.8. The fraction of sp³-hybridized carbons (Fsp3) is 0.556. The molecule has 0 atom stereocenters. The van der Waals surface area contributed by atoms with E-state index in [1.165, 1.54) is 0 Å². The van der Waals surface area contributed by atoms with Crippen LogP contribution in [0.15, 0.2) is 0 Å². The van der Waals surface area contributed by atoms with E-state index in [1.807, 2.05) is 5.32 Å². The van der Waals surface area contributed by atoms with Crippen molar-refractivity contribution in [3.63, 3.8) is 0 Å². The van der Waals surface area contributed by atoms with Gasteiger partial charge in [0.2, 0.25) is 6.04 Å². The molecule has 0 bridgehead atoms. The number of carbonyl (C=O) groups excluding carboxylic acids is 3. The van der Waals surface area contributed by atoms with Gasteiger partial charge in [-0.3, -0.25) is 5.32 Å². The van der Waals surface area contributed by atoms with Gasteiger partial charge in [-0.15, -0.1) is 0 Å². The van der Waals surface area contributed by atoms with E-state index in [9.17, 15) is 14.4 Å². The number of nitrogens with one attached hydrogen (secondary N) is 1. The third kappa shape index (κ3) is 4.90. The summed E-state index contributed by atoms with van der Waals surface area (Å²) in [6.45, 7) is 6.40. The number of esters is 2. The summed E-state index contributed by atoms with van der Waals surface area (Å²) in [7, 11) is 0. The van der Waals surface area contributed by atoms with Gasteiger partial charge in [-0.2, -0.15) is 0 Å². The summed E-state index contributed by atoms with van der Waals surface area (Å²) in [6.07, 6.45) is 0. The Morgan fingerprint density at radius 1 is 1.13 bits per heavy atom. The molecule has 0 spiro atoms. The highest BCUT2D eigenvalue weighted by Crippen LogP contribution is 1.94. The first-order valence-corrected chi connectivity index (χ1v) is 4.48. The number of hydrogen-bond acceptors (Lipinski definition) is 5. The predicted molar refractivity (Wildman–Crippen MR) is 50.6 cm³/mol. The number of rotatable bonds is 5. The maximum atomic E-state index is 11.2. The van der Waals surface area contributed by atoms with Gasteiger partial charge in [-0.1, -0.05) is 0 Å². The first-order valence-electron chi connectivity index (χ1n) is 4.48. The molecule has 0 unspecified atom stereocenters. The van der Waals surface area contributed by atoms with Crippen molar-refractivity contribution in [1.29, 1.82) is 0 Å². The van der Waals surface area contributed by atoms with Crippen molar-refractivity contribution in [1.82, 2.24) is 5.32 Å². The van der Waals surface area contributed by atoms with Gasteiger partial charge in [0.25, 0.3) is 0 Å². The van der Waals surface area contributed by atoms with E-state index in [1.54, 1.807) is 13.8 Å². The van der Waals surface area contributed by atoms with E-state index in [-0.39, 0.29) is 13.2 Å². The van der Waals surface area contributed by atoms with Crippen molar-refractivity contribution >= 4 is 17.8 Å². The standard InChI is InChI=1S/C9H13NO5/c1-4-14-8(12)7(10-6(3)11)9(13)15-5-2/h7H,3-5H2,1-2H3/p+1. The van der Waals surface area contributed by atoms with E-state index in [0.717, 1.165) is 0 Å². The Kier molecular flexibility index (Phi) is 5.92. The van der Waals surface area contributed by atoms with Crippen LogP contribution < -0.4 is 5.32 Å². The average Bonchev–Trinajstić information content (AvgIpc) is 2.14. The molecular formula is C9H14NO5+. The van der Waals surface area contributed by atoms with Crippen LogP contribution in [0.3, 0.4) is 0 Å². The van der Waals surface area contributed by atoms with Crippen LogP contribution in [0.4, 0.5) is 0 Å². The molecule has 6 heteroatoms. The van der Waals surface area contributed by atoms with Crippen molar-refractivity contribution in [2.75, 3.05) is 13.2 Å². The third-order valence-electron chi connectivity index (χ3n) is 1.35. The van der Waals surface area contributed by atoms with Gasteiger partial charge < -0.3 is 9.47 Å². The van der Waals surface area contributed by atoms with E-state index < -0.39 is 23.9 Å². The lowest BCUT2D eigenvalue weighted by molar-refractivity contribution is -0.159. The summed E-state index contributed by atoms with van der Waals surface area (Å²) in [6, 6.07) is -1.44. The molecule has 0 aromatic heterocycles. The van der Waals surface area contributed by atoms with Crippen LogP contribution >= 0.6 is 0 Å². The van der Waals surface area contributed by atoms with Crippen LogP contribution in [0.2, 0.25) is 0 Å². The minimum atomic E-state index is -1.44. The summed E-state index contributed by atoms with van der Waals surface area (Å²) in [5.74, 6) is -2.46. The summed E-state index contributed by atoms with van der Waals surface area (Å²) in [4.78, 5) is 33.1. The molecule has 0 heterocycles. The molecule has 6 nitrogen and oxygen atoms in total. The second kappa shape index (κ2) is 6.69. The van der Waals surface area contributed by atoms with Crippen LogP contribution in [-0.4, -0.2) is 37.1 Å². The maximum absolute atomic E-state index is 11.2. The molecule has 0 fully saturated rings. The Labute approximate surface area is 87.9 Å². The first-order chi connectivity index (χ1) is 7.02. The summed E-state index contributed by atoms with van der Waals surface area (Å²) < 4.78 is 9.18. The highest BCUT2D eigenvalue weighted by atomic mass is 16.6. The van der Waals surface area contributed by atoms with Crippen LogP contribution in [0.5, 0.6) is 0 Å². The minimum absolute atomic E-state index is 0.113. The number of hydrogen-bond donors (Lipinski definition) is 1. The lowest BCUT2D eigenvalue weighted by Gasteiger charge is -2.12. The van der Waals surface area contributed by atoms with E-state index in [4.69, 9.17) is 0 Å². The van der Waals surface area contributed by atoms with Gasteiger partial charge in [0.05, 0.1) is 13.2 Å². The third-order valence-corrected chi connectivity index (χ3v) is 1.35. The summed E-state index contributed by atoms with van der Waals surface area (Å²) in [5, 5.41) is 2.05. The summed E-state index contributed by atoms with van der Waals surface area (Å²) >= 11 is 0. The van der Waals surface area contributed by atoms with Gasteiger partial charge in [0.15, 0.2) is 6.92 Å². The molecule has 0 saturated carbocycles. The Balaban J connectivity index is 4.49. The largest absolute Gasteiger partial charge is 0.464 e. The SMILES string of the molecule is [CH2+]C(=O)NC(C(=O)OCC)C(=O)OCC. The van der Waals surface area contributed by atoms with Gasteiger partial charge in [-0.25, -0.2) is 14.4 Å². The normalized spacial score (nSPS) is 9.53. The van der Waals surface area contributed by atoms with Crippen molar-refractivity contribution in [2.24, 2.45) is 0 Å². The zero-order valence-electron chi connectivity index (χ0n) is 8.74. The smallest absolute Gasteiger partial charge is 0.400 e. The second-order valence-corrected chi connectivity index (χ2v) is 2.50. The zero-order valence-corrected chi connectivity index (χ0v) is 8.74. The van der Waals surface area contributed by atoms with Crippen LogP contribution in [0.1, 0.15) is 13.8 Å². The van der Waals surface area contributed by atoms with Crippen LogP contribution in [0.25, 0.3) is 0 Å². The number of amides is 1. The molecule has 0 rings (SSSR count). The average molecular weight is 216 g/mol. The maximum Gasteiger partial charge on any atom is 0.400 e. The Bertz CT molecular complexity index is 233. The first kappa shape index (κ1) is 13.3. The van der Waals surface area contributed by atoms with E-state index >= 15 is 0 Å². The van der Waals surface area contributed by atoms with Gasteiger partial charge in [-0.05, 0) is 13.8 Å². The molecule has 0 aromatic rings. The van der Waals surface area contributed by atoms with Crippen molar-refractivity contribution in [3.8, 4) is 0 Å². The molecular weight excluding hydrogens is 202 g/mol. The molecule has 0 aliphatic heterocycles. The fourth-order valence-electron chi connectivity index (χ4n) is 0.826. The fourth-order valence-corrected chi connectivity index (χ4v) is 0.826. The highest BCUT2D eigenvalue weighted by molar-refractivity contribution is 6.02.